The lowest BCUT2D eigenvalue weighted by molar-refractivity contribution is -0.132. The van der Waals surface area contributed by atoms with Crippen LogP contribution in [0, 0.1) is 0 Å². The predicted octanol–water partition coefficient (Wildman–Crippen LogP) is 1.97. The number of nitrogens with zero attached hydrogens (tertiary/aromatic N) is 2. The van der Waals surface area contributed by atoms with Gasteiger partial charge in [-0.3, -0.25) is 4.79 Å². The average Bonchev–Trinajstić information content (AvgIpc) is 2.68. The summed E-state index contributed by atoms with van der Waals surface area (Å²) in [5.74, 6) is -0.373. The highest BCUT2D eigenvalue weighted by Crippen LogP contribution is 2.16. The first-order valence-corrected chi connectivity index (χ1v) is 9.26. The lowest BCUT2D eigenvalue weighted by Gasteiger charge is -2.34. The van der Waals surface area contributed by atoms with Gasteiger partial charge in [-0.1, -0.05) is 12.1 Å². The molecule has 0 saturated carbocycles. The van der Waals surface area contributed by atoms with Gasteiger partial charge in [0.1, 0.15) is 0 Å². The molecule has 1 aromatic carbocycles. The first-order valence-electron chi connectivity index (χ1n) is 9.26. The maximum Gasteiger partial charge on any atom is 0.409 e. The van der Waals surface area contributed by atoms with Crippen LogP contribution in [0.5, 0.6) is 0 Å². The van der Waals surface area contributed by atoms with Crippen molar-refractivity contribution in [1.29, 1.82) is 0 Å². The Kier molecular flexibility index (Phi) is 7.91. The van der Waals surface area contributed by atoms with E-state index in [0.717, 1.165) is 0 Å². The first kappa shape index (κ1) is 20.5. The molecule has 0 radical (unpaired) electrons. The van der Waals surface area contributed by atoms with Crippen LogP contribution in [0.2, 0.25) is 0 Å². The van der Waals surface area contributed by atoms with Gasteiger partial charge in [-0.05, 0) is 26.0 Å². The van der Waals surface area contributed by atoms with Crippen molar-refractivity contribution in [1.82, 2.24) is 9.80 Å². The summed E-state index contributed by atoms with van der Waals surface area (Å²) in [6, 6.07) is 7.07. The standard InChI is InChI=1S/C19H27N3O5/c1-3-26-18(24)15-7-5-6-8-16(15)20-10-9-17(23)21-11-13-22(14-12-21)19(25)27-4-2/h5-8,20H,3-4,9-14H2,1-2H3. The molecule has 0 aromatic heterocycles. The molecule has 2 rings (SSSR count). The van der Waals surface area contributed by atoms with Gasteiger partial charge in [0.05, 0.1) is 18.8 Å². The topological polar surface area (TPSA) is 88.2 Å². The highest BCUT2D eigenvalue weighted by Gasteiger charge is 2.24. The third-order valence-corrected chi connectivity index (χ3v) is 4.24. The molecule has 148 valence electrons. The average molecular weight is 377 g/mol. The Hall–Kier alpha value is -2.77. The van der Waals surface area contributed by atoms with E-state index in [1.807, 2.05) is 6.07 Å². The molecule has 1 aromatic rings. The Balaban J connectivity index is 1.79. The number of carbonyl (C=O) groups is 3. The van der Waals surface area contributed by atoms with Gasteiger partial charge in [-0.2, -0.15) is 0 Å². The van der Waals surface area contributed by atoms with Crippen LogP contribution in [0.15, 0.2) is 24.3 Å². The van der Waals surface area contributed by atoms with Crippen molar-refractivity contribution < 1.29 is 23.9 Å². The number of ether oxygens (including phenoxy) is 2. The summed E-state index contributed by atoms with van der Waals surface area (Å²) in [6.45, 7) is 6.54. The highest BCUT2D eigenvalue weighted by atomic mass is 16.6. The van der Waals surface area contributed by atoms with Crippen LogP contribution in [0.1, 0.15) is 30.6 Å². The zero-order valence-electron chi connectivity index (χ0n) is 15.9. The van der Waals surface area contributed by atoms with Crippen molar-refractivity contribution in [3.8, 4) is 0 Å². The minimum absolute atomic E-state index is 0.0135. The van der Waals surface area contributed by atoms with Crippen molar-refractivity contribution in [3.05, 3.63) is 29.8 Å². The van der Waals surface area contributed by atoms with Gasteiger partial charge >= 0.3 is 12.1 Å². The van der Waals surface area contributed by atoms with Crippen LogP contribution in [0.4, 0.5) is 10.5 Å². The molecule has 1 N–H and O–H groups in total. The van der Waals surface area contributed by atoms with Crippen molar-refractivity contribution in [2.45, 2.75) is 20.3 Å². The normalized spacial score (nSPS) is 13.9. The van der Waals surface area contributed by atoms with E-state index in [4.69, 9.17) is 9.47 Å². The molecule has 0 bridgehead atoms. The fourth-order valence-corrected chi connectivity index (χ4v) is 2.84. The van der Waals surface area contributed by atoms with E-state index in [1.54, 1.807) is 41.8 Å². The second-order valence-corrected chi connectivity index (χ2v) is 6.01. The lowest BCUT2D eigenvalue weighted by Crippen LogP contribution is -2.50. The number of nitrogens with one attached hydrogen (secondary N) is 1. The number of piperazine rings is 1. The number of hydrogen-bond acceptors (Lipinski definition) is 6. The van der Waals surface area contributed by atoms with E-state index in [0.29, 0.717) is 63.6 Å². The molecule has 1 fully saturated rings. The number of amides is 2. The monoisotopic (exact) mass is 377 g/mol. The maximum absolute atomic E-state index is 12.4. The predicted molar refractivity (Wildman–Crippen MR) is 101 cm³/mol. The van der Waals surface area contributed by atoms with Crippen LogP contribution < -0.4 is 5.32 Å². The van der Waals surface area contributed by atoms with Crippen molar-refractivity contribution in [3.63, 3.8) is 0 Å². The van der Waals surface area contributed by atoms with Crippen molar-refractivity contribution >= 4 is 23.7 Å². The Morgan fingerprint density at radius 3 is 2.26 bits per heavy atom. The molecular formula is C19H27N3O5. The molecule has 8 nitrogen and oxygen atoms in total. The number of carbonyl (C=O) groups excluding carboxylic acids is 3. The summed E-state index contributed by atoms with van der Waals surface area (Å²) >= 11 is 0. The second kappa shape index (κ2) is 10.4. The van der Waals surface area contributed by atoms with Gasteiger partial charge in [-0.25, -0.2) is 9.59 Å². The Morgan fingerprint density at radius 2 is 1.59 bits per heavy atom. The molecule has 0 unspecified atom stereocenters. The van der Waals surface area contributed by atoms with Crippen LogP contribution in [-0.2, 0) is 14.3 Å². The van der Waals surface area contributed by atoms with Crippen molar-refractivity contribution in [2.75, 3.05) is 51.3 Å². The van der Waals surface area contributed by atoms with Crippen molar-refractivity contribution in [2.24, 2.45) is 0 Å². The number of para-hydroxylation sites is 1. The number of benzene rings is 1. The molecule has 2 amide bonds. The summed E-state index contributed by atoms with van der Waals surface area (Å²) in [5.41, 5.74) is 1.10. The molecule has 1 aliphatic heterocycles. The van der Waals surface area contributed by atoms with E-state index in [9.17, 15) is 14.4 Å². The molecule has 8 heteroatoms. The van der Waals surface area contributed by atoms with Gasteiger partial charge in [0.2, 0.25) is 5.91 Å². The van der Waals surface area contributed by atoms with Gasteiger partial charge in [0, 0.05) is 44.8 Å². The van der Waals surface area contributed by atoms with Gasteiger partial charge in [-0.15, -0.1) is 0 Å². The summed E-state index contributed by atoms with van der Waals surface area (Å²) in [4.78, 5) is 39.4. The Labute approximate surface area is 159 Å². The third kappa shape index (κ3) is 5.87. The number of esters is 1. The van der Waals surface area contributed by atoms with E-state index in [2.05, 4.69) is 5.32 Å². The lowest BCUT2D eigenvalue weighted by atomic mass is 10.1. The fourth-order valence-electron chi connectivity index (χ4n) is 2.84. The minimum atomic E-state index is -0.387. The summed E-state index contributed by atoms with van der Waals surface area (Å²) < 4.78 is 10.0. The molecule has 0 spiro atoms. The maximum atomic E-state index is 12.4. The summed E-state index contributed by atoms with van der Waals surface area (Å²) in [6.07, 6.45) is -0.0295. The molecule has 1 heterocycles. The quantitative estimate of drug-likeness (QED) is 0.731. The molecule has 1 aliphatic rings. The molecule has 1 saturated heterocycles. The van der Waals surface area contributed by atoms with E-state index < -0.39 is 0 Å². The van der Waals surface area contributed by atoms with E-state index in [1.165, 1.54) is 0 Å². The zero-order chi connectivity index (χ0) is 19.6. The largest absolute Gasteiger partial charge is 0.462 e. The number of hydrogen-bond donors (Lipinski definition) is 1. The minimum Gasteiger partial charge on any atom is -0.462 e. The van der Waals surface area contributed by atoms with E-state index in [-0.39, 0.29) is 18.0 Å². The zero-order valence-corrected chi connectivity index (χ0v) is 15.9. The van der Waals surface area contributed by atoms with Crippen LogP contribution >= 0.6 is 0 Å². The SMILES string of the molecule is CCOC(=O)c1ccccc1NCCC(=O)N1CCN(C(=O)OCC)CC1. The number of rotatable bonds is 7. The Bertz CT molecular complexity index is 657. The molecular weight excluding hydrogens is 350 g/mol. The smallest absolute Gasteiger partial charge is 0.409 e. The number of anilines is 1. The van der Waals surface area contributed by atoms with Crippen LogP contribution in [0.3, 0.4) is 0 Å². The van der Waals surface area contributed by atoms with Crippen LogP contribution in [-0.4, -0.2) is 73.7 Å². The highest BCUT2D eigenvalue weighted by molar-refractivity contribution is 5.95. The Morgan fingerprint density at radius 1 is 0.963 bits per heavy atom. The van der Waals surface area contributed by atoms with E-state index >= 15 is 0 Å². The summed E-state index contributed by atoms with van der Waals surface area (Å²) in [7, 11) is 0. The molecule has 27 heavy (non-hydrogen) atoms. The first-order chi connectivity index (χ1) is 13.1. The second-order valence-electron chi connectivity index (χ2n) is 6.01. The van der Waals surface area contributed by atoms with Gasteiger partial charge in [0.15, 0.2) is 0 Å². The molecule has 0 atom stereocenters. The molecule has 0 aliphatic carbocycles. The van der Waals surface area contributed by atoms with Gasteiger partial charge < -0.3 is 24.6 Å². The third-order valence-electron chi connectivity index (χ3n) is 4.24. The van der Waals surface area contributed by atoms with Crippen LogP contribution in [0.25, 0.3) is 0 Å². The fraction of sp³-hybridized carbons (Fsp3) is 0.526. The van der Waals surface area contributed by atoms with Gasteiger partial charge in [0.25, 0.3) is 0 Å². The summed E-state index contributed by atoms with van der Waals surface area (Å²) in [5, 5.41) is 3.13.